The third-order valence-electron chi connectivity index (χ3n) is 4.51. The summed E-state index contributed by atoms with van der Waals surface area (Å²) in [5.74, 6) is 0. The Bertz CT molecular complexity index is 633. The van der Waals surface area contributed by atoms with E-state index in [1.807, 2.05) is 22.6 Å². The van der Waals surface area contributed by atoms with Crippen molar-refractivity contribution in [2.75, 3.05) is 6.61 Å². The summed E-state index contributed by atoms with van der Waals surface area (Å²) in [6.45, 7) is 6.80. The Balaban J connectivity index is 1.69. The van der Waals surface area contributed by atoms with Gasteiger partial charge in [0.25, 0.3) is 0 Å². The van der Waals surface area contributed by atoms with Gasteiger partial charge in [0.2, 0.25) is 0 Å². The molecule has 0 spiro atoms. The van der Waals surface area contributed by atoms with E-state index in [0.717, 1.165) is 39.0 Å². The first-order valence-electron chi connectivity index (χ1n) is 8.60. The van der Waals surface area contributed by atoms with Crippen LogP contribution in [0.5, 0.6) is 0 Å². The zero-order valence-corrected chi connectivity index (χ0v) is 14.3. The van der Waals surface area contributed by atoms with E-state index in [1.54, 1.807) is 0 Å². The van der Waals surface area contributed by atoms with Gasteiger partial charge >= 0.3 is 0 Å². The van der Waals surface area contributed by atoms with E-state index >= 15 is 0 Å². The number of nitrogens with zero attached hydrogens (tertiary/aromatic N) is 4. The zero-order valence-electron chi connectivity index (χ0n) is 14.3. The van der Waals surface area contributed by atoms with Gasteiger partial charge in [-0.05, 0) is 26.2 Å². The fraction of sp³-hybridized carbons (Fsp3) is 0.647. The van der Waals surface area contributed by atoms with E-state index in [-0.39, 0.29) is 6.10 Å². The summed E-state index contributed by atoms with van der Waals surface area (Å²) in [6, 6.07) is 0.322. The molecular weight excluding hydrogens is 290 g/mol. The fourth-order valence-electron chi connectivity index (χ4n) is 3.29. The molecule has 1 saturated heterocycles. The van der Waals surface area contributed by atoms with Crippen LogP contribution in [0.4, 0.5) is 0 Å². The second-order valence-electron chi connectivity index (χ2n) is 6.18. The molecule has 0 bridgehead atoms. The molecule has 0 aliphatic carbocycles. The number of aromatic nitrogens is 4. The van der Waals surface area contributed by atoms with Crippen molar-refractivity contribution in [3.63, 3.8) is 0 Å². The minimum atomic E-state index is 0.0887. The summed E-state index contributed by atoms with van der Waals surface area (Å²) in [6.07, 6.45) is 9.44. The van der Waals surface area contributed by atoms with Crippen LogP contribution in [0.25, 0.3) is 0 Å². The lowest BCUT2D eigenvalue weighted by Gasteiger charge is -2.32. The first-order valence-corrected chi connectivity index (χ1v) is 8.60. The van der Waals surface area contributed by atoms with Gasteiger partial charge in [0.15, 0.2) is 0 Å². The van der Waals surface area contributed by atoms with Gasteiger partial charge in [0, 0.05) is 56.3 Å². The number of ether oxygens (including phenoxy) is 1. The van der Waals surface area contributed by atoms with Crippen molar-refractivity contribution in [2.45, 2.75) is 58.3 Å². The van der Waals surface area contributed by atoms with Gasteiger partial charge in [-0.3, -0.25) is 9.36 Å². The number of hydrogen-bond acceptors (Lipinski definition) is 4. The van der Waals surface area contributed by atoms with Crippen LogP contribution in [0.1, 0.15) is 49.6 Å². The molecule has 0 unspecified atom stereocenters. The molecule has 0 amide bonds. The molecule has 0 radical (unpaired) electrons. The lowest BCUT2D eigenvalue weighted by Crippen LogP contribution is -2.39. The molecule has 126 valence electrons. The summed E-state index contributed by atoms with van der Waals surface area (Å²) in [7, 11) is 1.98. The largest absolute Gasteiger partial charge is 0.372 e. The molecule has 1 fully saturated rings. The number of nitrogens with one attached hydrogen (secondary N) is 1. The SMILES string of the molecule is CCc1nn(C)cc1CN[C@H]1CCCO[C@@H]1c1cnn(CC)c1. The summed E-state index contributed by atoms with van der Waals surface area (Å²) in [5, 5.41) is 12.6. The van der Waals surface area contributed by atoms with Crippen molar-refractivity contribution in [1.82, 2.24) is 24.9 Å². The average molecular weight is 317 g/mol. The Morgan fingerprint density at radius 3 is 2.96 bits per heavy atom. The van der Waals surface area contributed by atoms with E-state index < -0.39 is 0 Å². The van der Waals surface area contributed by atoms with Crippen LogP contribution >= 0.6 is 0 Å². The van der Waals surface area contributed by atoms with Gasteiger partial charge in [-0.25, -0.2) is 0 Å². The maximum absolute atomic E-state index is 6.05. The molecule has 6 nitrogen and oxygen atoms in total. The second-order valence-corrected chi connectivity index (χ2v) is 6.18. The average Bonchev–Trinajstić information content (AvgIpc) is 3.19. The molecule has 3 rings (SSSR count). The topological polar surface area (TPSA) is 56.9 Å². The second kappa shape index (κ2) is 7.27. The Hall–Kier alpha value is -1.66. The molecule has 23 heavy (non-hydrogen) atoms. The maximum atomic E-state index is 6.05. The van der Waals surface area contributed by atoms with E-state index in [0.29, 0.717) is 6.04 Å². The number of hydrogen-bond donors (Lipinski definition) is 1. The van der Waals surface area contributed by atoms with Crippen LogP contribution in [0.2, 0.25) is 0 Å². The van der Waals surface area contributed by atoms with Crippen LogP contribution in [-0.2, 0) is 31.3 Å². The highest BCUT2D eigenvalue weighted by atomic mass is 16.5. The molecular formula is C17H27N5O. The van der Waals surface area contributed by atoms with E-state index in [9.17, 15) is 0 Å². The predicted octanol–water partition coefficient (Wildman–Crippen LogP) is 2.21. The van der Waals surface area contributed by atoms with Crippen LogP contribution in [0.15, 0.2) is 18.6 Å². The molecule has 1 N–H and O–H groups in total. The first kappa shape index (κ1) is 16.2. The Labute approximate surface area is 137 Å². The molecule has 2 atom stereocenters. The van der Waals surface area contributed by atoms with Crippen LogP contribution in [-0.4, -0.2) is 32.2 Å². The lowest BCUT2D eigenvalue weighted by atomic mass is 9.98. The van der Waals surface area contributed by atoms with Crippen LogP contribution in [0.3, 0.4) is 0 Å². The zero-order chi connectivity index (χ0) is 16.2. The minimum absolute atomic E-state index is 0.0887. The van der Waals surface area contributed by atoms with Crippen molar-refractivity contribution in [2.24, 2.45) is 7.05 Å². The van der Waals surface area contributed by atoms with Gasteiger partial charge in [-0.15, -0.1) is 0 Å². The maximum Gasteiger partial charge on any atom is 0.101 e. The van der Waals surface area contributed by atoms with Crippen molar-refractivity contribution in [3.05, 3.63) is 35.4 Å². The van der Waals surface area contributed by atoms with E-state index in [1.165, 1.54) is 16.8 Å². The molecule has 1 aliphatic heterocycles. The van der Waals surface area contributed by atoms with Crippen molar-refractivity contribution in [1.29, 1.82) is 0 Å². The standard InChI is InChI=1S/C17H27N5O/c1-4-15-13(11-21(3)20-15)9-18-16-7-6-8-23-17(16)14-10-19-22(5-2)12-14/h10-12,16-18H,4-9H2,1-3H3/t16-,17+/m0/s1. The molecule has 2 aromatic rings. The Kier molecular flexibility index (Phi) is 5.13. The van der Waals surface area contributed by atoms with Crippen molar-refractivity contribution < 1.29 is 4.74 Å². The molecule has 0 saturated carbocycles. The molecule has 6 heteroatoms. The Morgan fingerprint density at radius 1 is 1.35 bits per heavy atom. The highest BCUT2D eigenvalue weighted by Crippen LogP contribution is 2.28. The lowest BCUT2D eigenvalue weighted by molar-refractivity contribution is -0.0112. The van der Waals surface area contributed by atoms with Crippen molar-refractivity contribution >= 4 is 0 Å². The highest BCUT2D eigenvalue weighted by molar-refractivity contribution is 5.18. The van der Waals surface area contributed by atoms with Gasteiger partial charge in [-0.2, -0.15) is 10.2 Å². The molecule has 2 aromatic heterocycles. The van der Waals surface area contributed by atoms with Gasteiger partial charge in [0.05, 0.1) is 11.9 Å². The third kappa shape index (κ3) is 3.64. The number of aryl methyl sites for hydroxylation is 3. The minimum Gasteiger partial charge on any atom is -0.372 e. The summed E-state index contributed by atoms with van der Waals surface area (Å²) in [5.41, 5.74) is 3.63. The van der Waals surface area contributed by atoms with E-state index in [2.05, 4.69) is 41.8 Å². The summed E-state index contributed by atoms with van der Waals surface area (Å²) in [4.78, 5) is 0. The van der Waals surface area contributed by atoms with Crippen LogP contribution in [0, 0.1) is 0 Å². The third-order valence-corrected chi connectivity index (χ3v) is 4.51. The van der Waals surface area contributed by atoms with Gasteiger partial charge < -0.3 is 10.1 Å². The first-order chi connectivity index (χ1) is 11.2. The number of rotatable bonds is 6. The molecule has 0 aromatic carbocycles. The monoisotopic (exact) mass is 317 g/mol. The molecule has 1 aliphatic rings. The van der Waals surface area contributed by atoms with Gasteiger partial charge in [-0.1, -0.05) is 6.92 Å². The summed E-state index contributed by atoms with van der Waals surface area (Å²) >= 11 is 0. The quantitative estimate of drug-likeness (QED) is 0.887. The van der Waals surface area contributed by atoms with Gasteiger partial charge in [0.1, 0.15) is 6.10 Å². The predicted molar refractivity (Wildman–Crippen MR) is 89.0 cm³/mol. The highest BCUT2D eigenvalue weighted by Gasteiger charge is 2.28. The molecule has 3 heterocycles. The van der Waals surface area contributed by atoms with Crippen molar-refractivity contribution in [3.8, 4) is 0 Å². The normalized spacial score (nSPS) is 21.7. The van der Waals surface area contributed by atoms with E-state index in [4.69, 9.17) is 4.74 Å². The summed E-state index contributed by atoms with van der Waals surface area (Å²) < 4.78 is 9.91. The fourth-order valence-corrected chi connectivity index (χ4v) is 3.29. The Morgan fingerprint density at radius 2 is 2.22 bits per heavy atom. The smallest absolute Gasteiger partial charge is 0.101 e. The van der Waals surface area contributed by atoms with Crippen LogP contribution < -0.4 is 5.32 Å².